The molecule has 0 saturated carbocycles. The summed E-state index contributed by atoms with van der Waals surface area (Å²) >= 11 is 0. The van der Waals surface area contributed by atoms with Gasteiger partial charge >= 0.3 is 11.7 Å². The van der Waals surface area contributed by atoms with Gasteiger partial charge in [-0.05, 0) is 12.5 Å². The van der Waals surface area contributed by atoms with Crippen molar-refractivity contribution in [3.05, 3.63) is 29.8 Å². The second-order valence-corrected chi connectivity index (χ2v) is 3.65. The van der Waals surface area contributed by atoms with Crippen molar-refractivity contribution in [2.45, 2.75) is 32.2 Å². The second kappa shape index (κ2) is 9.04. The van der Waals surface area contributed by atoms with Crippen LogP contribution in [0.25, 0.3) is 5.53 Å². The molecule has 0 aromatic carbocycles. The minimum Gasteiger partial charge on any atom is -0.480 e. The third-order valence-electron chi connectivity index (χ3n) is 2.16. The molecule has 0 saturated heterocycles. The maximum Gasteiger partial charge on any atom is 0.362 e. The lowest BCUT2D eigenvalue weighted by Gasteiger charge is -2.02. The highest BCUT2D eigenvalue weighted by atomic mass is 16.4. The lowest BCUT2D eigenvalue weighted by atomic mass is 10.1. The molecule has 0 radical (unpaired) electrons. The van der Waals surface area contributed by atoms with Crippen LogP contribution in [0.3, 0.4) is 0 Å². The number of unbranched alkanes of at least 4 members (excludes halogenated alkanes) is 1. The molecule has 98 valence electrons. The average Bonchev–Trinajstić information content (AvgIpc) is 2.37. The van der Waals surface area contributed by atoms with Crippen molar-refractivity contribution in [1.82, 2.24) is 0 Å². The highest BCUT2D eigenvalue weighted by molar-refractivity contribution is 6.46. The summed E-state index contributed by atoms with van der Waals surface area (Å²) in [6, 6.07) is -0.662. The highest BCUT2D eigenvalue weighted by Gasteiger charge is 2.13. The standard InChI is InChI=1S/C6H4N2O.C6H13NO2/c7-8-5-3-1-2-4-6(5)9;1-2-3-4-5(7)6(8)9/h1-4H;5H,2-4,7H2,1H3,(H,8,9). The Morgan fingerprint density at radius 1 is 1.50 bits per heavy atom. The first kappa shape index (κ1) is 16.0. The molecule has 0 bridgehead atoms. The van der Waals surface area contributed by atoms with E-state index in [4.69, 9.17) is 16.4 Å². The van der Waals surface area contributed by atoms with Crippen LogP contribution in [0.2, 0.25) is 0 Å². The number of hydrogen-bond donors (Lipinski definition) is 2. The van der Waals surface area contributed by atoms with Crippen molar-refractivity contribution in [3.8, 4) is 0 Å². The van der Waals surface area contributed by atoms with E-state index in [0.29, 0.717) is 6.42 Å². The summed E-state index contributed by atoms with van der Waals surface area (Å²) in [6.45, 7) is 2.01. The van der Waals surface area contributed by atoms with E-state index < -0.39 is 12.0 Å². The molecule has 18 heavy (non-hydrogen) atoms. The number of ketones is 1. The van der Waals surface area contributed by atoms with Gasteiger partial charge in [0.25, 0.3) is 5.78 Å². The van der Waals surface area contributed by atoms with Gasteiger partial charge in [0, 0.05) is 6.08 Å². The summed E-state index contributed by atoms with van der Waals surface area (Å²) in [4.78, 5) is 23.4. The van der Waals surface area contributed by atoms with Crippen molar-refractivity contribution in [2.75, 3.05) is 0 Å². The number of nitrogens with two attached hydrogens (primary N) is 1. The zero-order valence-electron chi connectivity index (χ0n) is 10.2. The first-order chi connectivity index (χ1) is 8.52. The van der Waals surface area contributed by atoms with Crippen LogP contribution in [0.15, 0.2) is 24.3 Å². The van der Waals surface area contributed by atoms with E-state index in [1.165, 1.54) is 12.2 Å². The van der Waals surface area contributed by atoms with Crippen LogP contribution in [-0.4, -0.2) is 33.4 Å². The van der Waals surface area contributed by atoms with Crippen molar-refractivity contribution in [3.63, 3.8) is 0 Å². The maximum atomic E-state index is 10.6. The normalized spacial score (nSPS) is 14.6. The number of carbonyl (C=O) groups is 2. The summed E-state index contributed by atoms with van der Waals surface area (Å²) in [6.07, 6.45) is 8.51. The van der Waals surface area contributed by atoms with Gasteiger partial charge < -0.3 is 16.4 Å². The van der Waals surface area contributed by atoms with Crippen LogP contribution in [-0.2, 0) is 9.59 Å². The molecule has 1 aliphatic rings. The van der Waals surface area contributed by atoms with Gasteiger partial charge in [-0.25, -0.2) is 0 Å². The molecule has 1 atom stereocenters. The van der Waals surface area contributed by atoms with Gasteiger partial charge in [0.1, 0.15) is 6.04 Å². The number of carboxylic acid groups (broad SMARTS) is 1. The number of aliphatic carboxylic acids is 1. The van der Waals surface area contributed by atoms with Crippen LogP contribution in [0.5, 0.6) is 0 Å². The van der Waals surface area contributed by atoms with E-state index in [9.17, 15) is 9.59 Å². The number of carboxylic acids is 1. The Bertz CT molecular complexity index is 407. The van der Waals surface area contributed by atoms with Gasteiger partial charge in [0.2, 0.25) is 0 Å². The Morgan fingerprint density at radius 3 is 2.50 bits per heavy atom. The largest absolute Gasteiger partial charge is 0.480 e. The zero-order valence-corrected chi connectivity index (χ0v) is 10.2. The predicted molar refractivity (Wildman–Crippen MR) is 67.0 cm³/mol. The fourth-order valence-electron chi connectivity index (χ4n) is 1.09. The molecule has 1 rings (SSSR count). The van der Waals surface area contributed by atoms with Gasteiger partial charge in [-0.3, -0.25) is 9.59 Å². The molecule has 1 aliphatic carbocycles. The van der Waals surface area contributed by atoms with Crippen LogP contribution in [0.4, 0.5) is 0 Å². The number of rotatable bonds is 4. The quantitative estimate of drug-likeness (QED) is 0.439. The zero-order chi connectivity index (χ0) is 14.0. The number of nitrogens with zero attached hydrogens (tertiary/aromatic N) is 2. The van der Waals surface area contributed by atoms with Crippen molar-refractivity contribution in [1.29, 1.82) is 0 Å². The fourth-order valence-corrected chi connectivity index (χ4v) is 1.09. The molecule has 1 unspecified atom stereocenters. The average molecular weight is 251 g/mol. The smallest absolute Gasteiger partial charge is 0.362 e. The Morgan fingerprint density at radius 2 is 2.11 bits per heavy atom. The third-order valence-corrected chi connectivity index (χ3v) is 2.16. The summed E-state index contributed by atoms with van der Waals surface area (Å²) in [5.41, 5.74) is 13.4. The van der Waals surface area contributed by atoms with Crippen molar-refractivity contribution >= 4 is 17.5 Å². The van der Waals surface area contributed by atoms with Gasteiger partial charge in [-0.15, -0.1) is 0 Å². The molecule has 6 nitrogen and oxygen atoms in total. The monoisotopic (exact) mass is 251 g/mol. The van der Waals surface area contributed by atoms with E-state index in [2.05, 4.69) is 4.79 Å². The topological polar surface area (TPSA) is 117 Å². The molecule has 0 aromatic rings. The van der Waals surface area contributed by atoms with E-state index in [1.54, 1.807) is 12.2 Å². The van der Waals surface area contributed by atoms with Crippen LogP contribution < -0.4 is 5.73 Å². The Balaban J connectivity index is 0.000000321. The lowest BCUT2D eigenvalue weighted by Crippen LogP contribution is -2.29. The lowest BCUT2D eigenvalue weighted by molar-refractivity contribution is -0.138. The molecule has 0 aliphatic heterocycles. The van der Waals surface area contributed by atoms with Crippen LogP contribution in [0.1, 0.15) is 26.2 Å². The summed E-state index contributed by atoms with van der Waals surface area (Å²) < 4.78 is 0. The molecule has 0 amide bonds. The minimum atomic E-state index is -0.900. The highest BCUT2D eigenvalue weighted by Crippen LogP contribution is 1.97. The number of carbonyl (C=O) groups excluding carboxylic acids is 1. The summed E-state index contributed by atoms with van der Waals surface area (Å²) in [5.74, 6) is -1.16. The third kappa shape index (κ3) is 6.52. The molecular weight excluding hydrogens is 234 g/mol. The van der Waals surface area contributed by atoms with Gasteiger partial charge in [-0.1, -0.05) is 31.9 Å². The molecule has 0 aromatic heterocycles. The number of hydrogen-bond acceptors (Lipinski definition) is 3. The molecule has 0 heterocycles. The van der Waals surface area contributed by atoms with E-state index in [0.717, 1.165) is 12.8 Å². The SMILES string of the molecule is CCCCC(N)C(=O)O.[N-]=[N+]=C1C=CC=CC1=O. The molecular formula is C12H17N3O3. The first-order valence-corrected chi connectivity index (χ1v) is 5.62. The second-order valence-electron chi connectivity index (χ2n) is 3.65. The van der Waals surface area contributed by atoms with Crippen LogP contribution in [0, 0.1) is 0 Å². The molecule has 6 heteroatoms. The Labute approximate surface area is 105 Å². The maximum absolute atomic E-state index is 10.6. The van der Waals surface area contributed by atoms with Crippen molar-refractivity contribution in [2.24, 2.45) is 5.73 Å². The number of allylic oxidation sites excluding steroid dienone is 4. The van der Waals surface area contributed by atoms with Gasteiger partial charge in [0.05, 0.1) is 0 Å². The Hall–Kier alpha value is -2.04. The first-order valence-electron chi connectivity index (χ1n) is 5.62. The fraction of sp³-hybridized carbons (Fsp3) is 0.417. The van der Waals surface area contributed by atoms with Gasteiger partial charge in [0.15, 0.2) is 0 Å². The van der Waals surface area contributed by atoms with E-state index >= 15 is 0 Å². The van der Waals surface area contributed by atoms with E-state index in [-0.39, 0.29) is 11.5 Å². The van der Waals surface area contributed by atoms with Crippen molar-refractivity contribution < 1.29 is 19.5 Å². The summed E-state index contributed by atoms with van der Waals surface area (Å²) in [7, 11) is 0. The molecule has 0 fully saturated rings. The summed E-state index contributed by atoms with van der Waals surface area (Å²) in [5, 5.41) is 8.28. The minimum absolute atomic E-state index is 0.0810. The molecule has 3 N–H and O–H groups in total. The van der Waals surface area contributed by atoms with Crippen LogP contribution >= 0.6 is 0 Å². The molecule has 0 spiro atoms. The Kier molecular flexibility index (Phi) is 8.01. The van der Waals surface area contributed by atoms with Gasteiger partial charge in [-0.2, -0.15) is 4.79 Å². The van der Waals surface area contributed by atoms with E-state index in [1.807, 2.05) is 6.92 Å². The predicted octanol–water partition coefficient (Wildman–Crippen LogP) is 0.941.